The molecular weight excluding hydrogens is 540 g/mol. The van der Waals surface area contributed by atoms with E-state index in [2.05, 4.69) is 13.5 Å². The van der Waals surface area contributed by atoms with Gasteiger partial charge >= 0.3 is 11.9 Å². The van der Waals surface area contributed by atoms with Gasteiger partial charge in [-0.2, -0.15) is 0 Å². The summed E-state index contributed by atoms with van der Waals surface area (Å²) < 4.78 is 23.8. The van der Waals surface area contributed by atoms with Crippen LogP contribution in [0.5, 0.6) is 0 Å². The van der Waals surface area contributed by atoms with Gasteiger partial charge in [0.05, 0.1) is 37.3 Å². The highest BCUT2D eigenvalue weighted by Crippen LogP contribution is 2.73. The van der Waals surface area contributed by atoms with E-state index in [1.807, 2.05) is 33.8 Å². The summed E-state index contributed by atoms with van der Waals surface area (Å²) in [6.07, 6.45) is 1.33. The van der Waals surface area contributed by atoms with Crippen LogP contribution in [0, 0.1) is 28.1 Å². The molecule has 42 heavy (non-hydrogen) atoms. The molecule has 0 radical (unpaired) electrons. The fraction of sp³-hybridized carbons (Fsp3) is 0.727. The minimum absolute atomic E-state index is 0.00123. The lowest BCUT2D eigenvalue weighted by Crippen LogP contribution is -2.82. The fourth-order valence-electron chi connectivity index (χ4n) is 9.15. The number of ketones is 1. The minimum atomic E-state index is -1.61. The summed E-state index contributed by atoms with van der Waals surface area (Å²) in [7, 11) is 1.31. The van der Waals surface area contributed by atoms with E-state index >= 15 is 0 Å². The molecule has 0 amide bonds. The number of ether oxygens (including phenoxy) is 3. The fourth-order valence-corrected chi connectivity index (χ4v) is 9.15. The van der Waals surface area contributed by atoms with Crippen molar-refractivity contribution in [2.45, 2.75) is 115 Å². The molecule has 2 bridgehead atoms. The third-order valence-electron chi connectivity index (χ3n) is 12.2. The van der Waals surface area contributed by atoms with Crippen molar-refractivity contribution >= 4 is 17.7 Å². The van der Waals surface area contributed by atoms with Gasteiger partial charge in [0.2, 0.25) is 0 Å². The van der Waals surface area contributed by atoms with Crippen molar-refractivity contribution in [2.24, 2.45) is 28.1 Å². The Kier molecular flexibility index (Phi) is 7.39. The van der Waals surface area contributed by atoms with Gasteiger partial charge in [0.1, 0.15) is 17.5 Å². The number of rotatable bonds is 6. The van der Waals surface area contributed by atoms with Crippen molar-refractivity contribution in [3.63, 3.8) is 0 Å². The van der Waals surface area contributed by atoms with Gasteiger partial charge in [-0.1, -0.05) is 48.1 Å². The molecule has 1 spiro atoms. The number of fused-ring (bicyclic) bond motifs is 3. The average molecular weight is 587 g/mol. The molecule has 4 aliphatic rings. The Balaban J connectivity index is 1.73. The number of hydrogen-bond acceptors (Lipinski definition) is 9. The molecule has 9 heteroatoms. The molecule has 2 heterocycles. The van der Waals surface area contributed by atoms with Crippen molar-refractivity contribution in [1.29, 1.82) is 0 Å². The van der Waals surface area contributed by atoms with Crippen LogP contribution in [-0.4, -0.2) is 64.6 Å². The monoisotopic (exact) mass is 586 g/mol. The molecule has 1 saturated heterocycles. The number of Topliss-reactive ketones (excluding diaryl/α,β-unsaturated/α-hetero) is 1. The van der Waals surface area contributed by atoms with E-state index in [0.29, 0.717) is 31.3 Å². The highest BCUT2D eigenvalue weighted by atomic mass is 16.6. The largest absolute Gasteiger partial charge is 0.472 e. The topological polar surface area (TPSA) is 132 Å². The second kappa shape index (κ2) is 10.0. The number of methoxy groups -OCH3 is 1. The molecule has 3 saturated carbocycles. The van der Waals surface area contributed by atoms with E-state index in [1.54, 1.807) is 19.5 Å². The molecule has 3 aliphatic carbocycles. The van der Waals surface area contributed by atoms with Crippen LogP contribution in [0.2, 0.25) is 0 Å². The van der Waals surface area contributed by atoms with Gasteiger partial charge in [0.25, 0.3) is 0 Å². The third-order valence-corrected chi connectivity index (χ3v) is 12.2. The molecule has 232 valence electrons. The zero-order chi connectivity index (χ0) is 31.0. The molecule has 1 aromatic heterocycles. The molecule has 0 aromatic carbocycles. The Labute approximate surface area is 248 Å². The summed E-state index contributed by atoms with van der Waals surface area (Å²) in [4.78, 5) is 39.6. The summed E-state index contributed by atoms with van der Waals surface area (Å²) >= 11 is 0. The van der Waals surface area contributed by atoms with Crippen molar-refractivity contribution < 1.29 is 43.2 Å². The first-order chi connectivity index (χ1) is 19.5. The molecule has 4 fully saturated rings. The number of aliphatic hydroxyl groups is 2. The summed E-state index contributed by atoms with van der Waals surface area (Å²) in [5, 5.41) is 24.9. The second-order valence-electron chi connectivity index (χ2n) is 14.2. The lowest BCUT2D eigenvalue weighted by molar-refractivity contribution is -0.358. The molecule has 2 N–H and O–H groups in total. The maximum absolute atomic E-state index is 13.5. The van der Waals surface area contributed by atoms with Crippen molar-refractivity contribution in [1.82, 2.24) is 0 Å². The molecule has 9 nitrogen and oxygen atoms in total. The van der Waals surface area contributed by atoms with Crippen LogP contribution < -0.4 is 0 Å². The summed E-state index contributed by atoms with van der Waals surface area (Å²) in [5.74, 6) is -2.34. The second-order valence-corrected chi connectivity index (χ2v) is 14.2. The number of carbonyl (C=O) groups excluding carboxylic acids is 3. The Hall–Kier alpha value is -2.49. The average Bonchev–Trinajstić information content (AvgIpc) is 3.48. The first-order valence-corrected chi connectivity index (χ1v) is 15.1. The van der Waals surface area contributed by atoms with Crippen LogP contribution in [0.3, 0.4) is 0 Å². The predicted molar refractivity (Wildman–Crippen MR) is 152 cm³/mol. The van der Waals surface area contributed by atoms with Crippen LogP contribution in [-0.2, 0) is 28.6 Å². The van der Waals surface area contributed by atoms with Crippen LogP contribution in [0.4, 0.5) is 0 Å². The quantitative estimate of drug-likeness (QED) is 0.365. The summed E-state index contributed by atoms with van der Waals surface area (Å²) in [6.45, 7) is 15.7. The van der Waals surface area contributed by atoms with Gasteiger partial charge in [-0.05, 0) is 47.8 Å². The van der Waals surface area contributed by atoms with Gasteiger partial charge < -0.3 is 28.8 Å². The Morgan fingerprint density at radius 2 is 1.90 bits per heavy atom. The highest BCUT2D eigenvalue weighted by molar-refractivity contribution is 5.83. The molecule has 1 aromatic rings. The van der Waals surface area contributed by atoms with Crippen LogP contribution in [0.1, 0.15) is 91.5 Å². The maximum Gasteiger partial charge on any atom is 0.309 e. The first-order valence-electron chi connectivity index (χ1n) is 15.1. The van der Waals surface area contributed by atoms with E-state index < -0.39 is 69.5 Å². The molecular formula is C33H46O9. The molecule has 5 rings (SSSR count). The van der Waals surface area contributed by atoms with Gasteiger partial charge in [-0.15, -0.1) is 0 Å². The lowest BCUT2D eigenvalue weighted by Gasteiger charge is -2.74. The van der Waals surface area contributed by atoms with Crippen molar-refractivity contribution in [3.05, 3.63) is 36.3 Å². The Bertz CT molecular complexity index is 1270. The Morgan fingerprint density at radius 1 is 1.21 bits per heavy atom. The summed E-state index contributed by atoms with van der Waals surface area (Å²) in [5.41, 5.74) is -4.56. The van der Waals surface area contributed by atoms with Gasteiger partial charge in [0.15, 0.2) is 6.10 Å². The minimum Gasteiger partial charge on any atom is -0.472 e. The van der Waals surface area contributed by atoms with Gasteiger partial charge in [-0.3, -0.25) is 14.4 Å². The zero-order valence-electron chi connectivity index (χ0n) is 25.9. The number of aliphatic hydroxyl groups excluding tert-OH is 1. The SMILES string of the molecule is C=C1[C@]2(O)CC[C@@]3(C)[C@H](c4ccoc4)CC(=O)C[C@]13O[C@H]1[C@@H](OC(=O)[C@@H](C)CC)[C@H](O)C(C)(C)[C@H](CC(=O)OC)[C@]12C. The van der Waals surface area contributed by atoms with Gasteiger partial charge in [0, 0.05) is 36.0 Å². The number of carbonyl (C=O) groups is 3. The van der Waals surface area contributed by atoms with Crippen LogP contribution >= 0.6 is 0 Å². The lowest BCUT2D eigenvalue weighted by atomic mass is 9.38. The van der Waals surface area contributed by atoms with E-state index in [0.717, 1.165) is 5.56 Å². The highest BCUT2D eigenvalue weighted by Gasteiger charge is 2.79. The predicted octanol–water partition coefficient (Wildman–Crippen LogP) is 4.50. The van der Waals surface area contributed by atoms with Gasteiger partial charge in [-0.25, -0.2) is 0 Å². The molecule has 10 atom stereocenters. The number of hydrogen-bond donors (Lipinski definition) is 2. The number of esters is 2. The first kappa shape index (κ1) is 31.0. The van der Waals surface area contributed by atoms with E-state index in [-0.39, 0.29) is 24.5 Å². The third kappa shape index (κ3) is 3.88. The van der Waals surface area contributed by atoms with Crippen LogP contribution in [0.15, 0.2) is 35.2 Å². The Morgan fingerprint density at radius 3 is 2.50 bits per heavy atom. The maximum atomic E-state index is 13.5. The van der Waals surface area contributed by atoms with E-state index in [4.69, 9.17) is 18.6 Å². The smallest absolute Gasteiger partial charge is 0.309 e. The standard InChI is InChI=1S/C33H46O9/c1-9-18(2)28(37)41-25-26(36)29(4,5)23(15-24(35)39-8)31(7)27(25)42-33-16-21(34)14-22(20-10-13-40-17-20)30(33,6)11-12-32(31,38)19(33)3/h10,13,17-18,22-23,25-27,36,38H,3,9,11-12,14-16H2,1-2,4-8H3/t18-,22-,23-,25-,26-,27-,30-,31+,32+,33-/m0/s1. The number of furan rings is 1. The van der Waals surface area contributed by atoms with Crippen LogP contribution in [0.25, 0.3) is 0 Å². The zero-order valence-corrected chi connectivity index (χ0v) is 25.9. The normalized spacial score (nSPS) is 43.1. The van der Waals surface area contributed by atoms with E-state index in [1.165, 1.54) is 7.11 Å². The molecule has 0 unspecified atom stereocenters. The molecule has 1 aliphatic heterocycles. The summed E-state index contributed by atoms with van der Waals surface area (Å²) in [6, 6.07) is 1.86. The van der Waals surface area contributed by atoms with E-state index in [9.17, 15) is 24.6 Å². The van der Waals surface area contributed by atoms with Crippen molar-refractivity contribution in [3.8, 4) is 0 Å². The van der Waals surface area contributed by atoms with Crippen molar-refractivity contribution in [2.75, 3.05) is 7.11 Å².